The van der Waals surface area contributed by atoms with Crippen LogP contribution in [0.4, 0.5) is 5.82 Å². The van der Waals surface area contributed by atoms with E-state index in [0.29, 0.717) is 16.8 Å². The van der Waals surface area contributed by atoms with Crippen LogP contribution in [-0.2, 0) is 0 Å². The average molecular weight is 275 g/mol. The monoisotopic (exact) mass is 275 g/mol. The largest absolute Gasteiger partial charge is 0.384 e. The van der Waals surface area contributed by atoms with Crippen molar-refractivity contribution in [3.63, 3.8) is 0 Å². The summed E-state index contributed by atoms with van der Waals surface area (Å²) < 4.78 is 0. The fraction of sp³-hybridized carbons (Fsp3) is 0.625. The van der Waals surface area contributed by atoms with E-state index in [9.17, 15) is 4.79 Å². The highest BCUT2D eigenvalue weighted by atomic mass is 16.2. The number of hydrogen-bond donors (Lipinski definition) is 1. The second kappa shape index (κ2) is 6.25. The molecule has 1 aliphatic rings. The van der Waals surface area contributed by atoms with Crippen LogP contribution in [0.25, 0.3) is 0 Å². The van der Waals surface area contributed by atoms with Gasteiger partial charge < -0.3 is 10.6 Å². The molecular weight excluding hydrogens is 250 g/mol. The van der Waals surface area contributed by atoms with E-state index in [-0.39, 0.29) is 5.91 Å². The number of pyridine rings is 1. The Hall–Kier alpha value is -1.58. The van der Waals surface area contributed by atoms with Crippen molar-refractivity contribution in [2.24, 2.45) is 5.41 Å². The van der Waals surface area contributed by atoms with Crippen molar-refractivity contribution in [3.8, 4) is 0 Å². The van der Waals surface area contributed by atoms with Gasteiger partial charge in [0, 0.05) is 24.8 Å². The molecule has 0 unspecified atom stereocenters. The predicted octanol–water partition coefficient (Wildman–Crippen LogP) is 3.10. The van der Waals surface area contributed by atoms with Gasteiger partial charge in [0.25, 0.3) is 5.91 Å². The van der Waals surface area contributed by atoms with Gasteiger partial charge in [0.15, 0.2) is 0 Å². The number of nitrogens with zero attached hydrogens (tertiary/aromatic N) is 2. The first kappa shape index (κ1) is 14.8. The average Bonchev–Trinajstić information content (AvgIpc) is 2.47. The third-order valence-electron chi connectivity index (χ3n) is 4.67. The molecule has 0 atom stereocenters. The number of piperidine rings is 1. The summed E-state index contributed by atoms with van der Waals surface area (Å²) in [7, 11) is 0. The minimum Gasteiger partial charge on any atom is -0.384 e. The molecule has 2 heterocycles. The number of aromatic nitrogens is 1. The van der Waals surface area contributed by atoms with E-state index in [1.807, 2.05) is 4.90 Å². The van der Waals surface area contributed by atoms with Crippen LogP contribution in [0.15, 0.2) is 18.3 Å². The zero-order valence-corrected chi connectivity index (χ0v) is 12.6. The highest BCUT2D eigenvalue weighted by molar-refractivity contribution is 5.94. The van der Waals surface area contributed by atoms with Gasteiger partial charge in [0.05, 0.1) is 0 Å². The molecule has 1 fully saturated rings. The number of anilines is 1. The fourth-order valence-corrected chi connectivity index (χ4v) is 3.26. The van der Waals surface area contributed by atoms with E-state index in [0.717, 1.165) is 25.9 Å². The molecule has 0 spiro atoms. The van der Waals surface area contributed by atoms with Gasteiger partial charge in [-0.1, -0.05) is 26.7 Å². The van der Waals surface area contributed by atoms with E-state index in [4.69, 9.17) is 5.73 Å². The minimum absolute atomic E-state index is 0.0836. The Balaban J connectivity index is 2.01. The Morgan fingerprint density at radius 1 is 1.40 bits per heavy atom. The van der Waals surface area contributed by atoms with Crippen LogP contribution in [0.3, 0.4) is 0 Å². The summed E-state index contributed by atoms with van der Waals surface area (Å²) in [6.45, 7) is 6.23. The highest BCUT2D eigenvalue weighted by Crippen LogP contribution is 2.39. The van der Waals surface area contributed by atoms with Crippen LogP contribution < -0.4 is 5.73 Å². The molecular formula is C16H25N3O. The van der Waals surface area contributed by atoms with E-state index in [1.54, 1.807) is 18.3 Å². The number of nitrogens with two attached hydrogens (primary N) is 1. The molecule has 1 saturated heterocycles. The van der Waals surface area contributed by atoms with E-state index in [2.05, 4.69) is 18.8 Å². The van der Waals surface area contributed by atoms with Gasteiger partial charge in [0.2, 0.25) is 0 Å². The van der Waals surface area contributed by atoms with Crippen LogP contribution in [0.2, 0.25) is 0 Å². The number of likely N-dealkylation sites (tertiary alicyclic amines) is 1. The Labute approximate surface area is 121 Å². The summed E-state index contributed by atoms with van der Waals surface area (Å²) in [6.07, 6.45) is 7.54. The maximum Gasteiger partial charge on any atom is 0.254 e. The Bertz CT molecular complexity index is 465. The van der Waals surface area contributed by atoms with Gasteiger partial charge in [-0.3, -0.25) is 4.79 Å². The molecule has 1 aromatic rings. The summed E-state index contributed by atoms with van der Waals surface area (Å²) in [6, 6.07) is 3.41. The van der Waals surface area contributed by atoms with Gasteiger partial charge in [-0.2, -0.15) is 0 Å². The molecule has 1 aliphatic heterocycles. The second-order valence-corrected chi connectivity index (χ2v) is 5.87. The van der Waals surface area contributed by atoms with Crippen molar-refractivity contribution < 1.29 is 4.79 Å². The van der Waals surface area contributed by atoms with Gasteiger partial charge >= 0.3 is 0 Å². The summed E-state index contributed by atoms with van der Waals surface area (Å²) in [5, 5.41) is 0. The topological polar surface area (TPSA) is 59.2 Å². The lowest BCUT2D eigenvalue weighted by Crippen LogP contribution is -2.43. The van der Waals surface area contributed by atoms with Crippen molar-refractivity contribution >= 4 is 11.7 Å². The molecule has 4 nitrogen and oxygen atoms in total. The standard InChI is InChI=1S/C16H25N3O/c1-3-6-16(4-2)7-10-19(11-8-16)15(20)13-5-9-18-14(17)12-13/h5,9,12H,3-4,6-8,10-11H2,1-2H3,(H2,17,18). The van der Waals surface area contributed by atoms with Crippen molar-refractivity contribution in [2.45, 2.75) is 46.0 Å². The van der Waals surface area contributed by atoms with Crippen LogP contribution in [0.1, 0.15) is 56.3 Å². The second-order valence-electron chi connectivity index (χ2n) is 5.87. The van der Waals surface area contributed by atoms with Crippen LogP contribution >= 0.6 is 0 Å². The fourth-order valence-electron chi connectivity index (χ4n) is 3.26. The highest BCUT2D eigenvalue weighted by Gasteiger charge is 2.33. The van der Waals surface area contributed by atoms with Crippen LogP contribution in [-0.4, -0.2) is 28.9 Å². The molecule has 4 heteroatoms. The first-order valence-electron chi connectivity index (χ1n) is 7.61. The van der Waals surface area contributed by atoms with E-state index >= 15 is 0 Å². The maximum absolute atomic E-state index is 12.5. The van der Waals surface area contributed by atoms with E-state index in [1.165, 1.54) is 19.3 Å². The lowest BCUT2D eigenvalue weighted by Gasteiger charge is -2.41. The molecule has 0 radical (unpaired) electrons. The van der Waals surface area contributed by atoms with Crippen molar-refractivity contribution in [1.29, 1.82) is 0 Å². The van der Waals surface area contributed by atoms with Crippen LogP contribution in [0.5, 0.6) is 0 Å². The third kappa shape index (κ3) is 3.11. The molecule has 0 saturated carbocycles. The molecule has 110 valence electrons. The third-order valence-corrected chi connectivity index (χ3v) is 4.67. The SMILES string of the molecule is CCCC1(CC)CCN(C(=O)c2ccnc(N)c2)CC1. The number of carbonyl (C=O) groups is 1. The van der Waals surface area contributed by atoms with Gasteiger partial charge in [-0.25, -0.2) is 4.98 Å². The van der Waals surface area contributed by atoms with Gasteiger partial charge in [0.1, 0.15) is 5.82 Å². The zero-order valence-electron chi connectivity index (χ0n) is 12.6. The molecule has 20 heavy (non-hydrogen) atoms. The first-order valence-corrected chi connectivity index (χ1v) is 7.61. The number of hydrogen-bond acceptors (Lipinski definition) is 3. The molecule has 1 aromatic heterocycles. The molecule has 0 bridgehead atoms. The Morgan fingerprint density at radius 2 is 2.10 bits per heavy atom. The number of rotatable bonds is 4. The normalized spacial score (nSPS) is 18.0. The Kier molecular flexibility index (Phi) is 4.63. The number of nitrogen functional groups attached to an aromatic ring is 1. The summed E-state index contributed by atoms with van der Waals surface area (Å²) in [4.78, 5) is 18.3. The smallest absolute Gasteiger partial charge is 0.254 e. The lowest BCUT2D eigenvalue weighted by molar-refractivity contribution is 0.0545. The molecule has 0 aliphatic carbocycles. The van der Waals surface area contributed by atoms with Gasteiger partial charge in [-0.05, 0) is 36.8 Å². The van der Waals surface area contributed by atoms with Crippen molar-refractivity contribution in [2.75, 3.05) is 18.8 Å². The number of amides is 1. The zero-order chi connectivity index (χ0) is 14.6. The van der Waals surface area contributed by atoms with Gasteiger partial charge in [-0.15, -0.1) is 0 Å². The quantitative estimate of drug-likeness (QED) is 0.918. The predicted molar refractivity (Wildman–Crippen MR) is 81.4 cm³/mol. The molecule has 1 amide bonds. The van der Waals surface area contributed by atoms with Crippen molar-refractivity contribution in [3.05, 3.63) is 23.9 Å². The molecule has 0 aromatic carbocycles. The van der Waals surface area contributed by atoms with E-state index < -0.39 is 0 Å². The molecule has 2 N–H and O–H groups in total. The van der Waals surface area contributed by atoms with Crippen LogP contribution in [0, 0.1) is 5.41 Å². The maximum atomic E-state index is 12.5. The number of carbonyl (C=O) groups excluding carboxylic acids is 1. The Morgan fingerprint density at radius 3 is 2.65 bits per heavy atom. The lowest BCUT2D eigenvalue weighted by atomic mass is 9.73. The summed E-state index contributed by atoms with van der Waals surface area (Å²) >= 11 is 0. The first-order chi connectivity index (χ1) is 9.60. The van der Waals surface area contributed by atoms with Crippen molar-refractivity contribution in [1.82, 2.24) is 9.88 Å². The summed E-state index contributed by atoms with van der Waals surface area (Å²) in [5.74, 6) is 0.488. The minimum atomic E-state index is 0.0836. The summed E-state index contributed by atoms with van der Waals surface area (Å²) in [5.41, 5.74) is 6.75. The molecule has 2 rings (SSSR count).